The summed E-state index contributed by atoms with van der Waals surface area (Å²) >= 11 is 3.17. The normalized spacial score (nSPS) is 21.2. The Bertz CT molecular complexity index is 550. The molecule has 1 fully saturated rings. The van der Waals surface area contributed by atoms with Gasteiger partial charge in [-0.25, -0.2) is 0 Å². The van der Waals surface area contributed by atoms with Crippen LogP contribution in [0.25, 0.3) is 0 Å². The van der Waals surface area contributed by atoms with Crippen molar-refractivity contribution in [1.82, 2.24) is 5.32 Å². The molecule has 2 unspecified atom stereocenters. The Morgan fingerprint density at radius 1 is 1.38 bits per heavy atom. The molecule has 7 heteroatoms. The molecule has 0 saturated heterocycles. The molecule has 0 radical (unpaired) electrons. The van der Waals surface area contributed by atoms with Crippen LogP contribution in [0.3, 0.4) is 0 Å². The van der Waals surface area contributed by atoms with Gasteiger partial charge in [-0.3, -0.25) is 14.9 Å². The van der Waals surface area contributed by atoms with E-state index in [1.54, 1.807) is 6.07 Å². The van der Waals surface area contributed by atoms with Gasteiger partial charge in [0.25, 0.3) is 11.6 Å². The second-order valence-corrected chi connectivity index (χ2v) is 6.21. The average Bonchev–Trinajstić information content (AvgIpc) is 2.91. The zero-order valence-corrected chi connectivity index (χ0v) is 13.0. The summed E-state index contributed by atoms with van der Waals surface area (Å²) in [6, 6.07) is 4.17. The molecule has 6 nitrogen and oxygen atoms in total. The highest BCUT2D eigenvalue weighted by molar-refractivity contribution is 9.10. The van der Waals surface area contributed by atoms with E-state index < -0.39 is 4.92 Å². The molecule has 0 aliphatic heterocycles. The van der Waals surface area contributed by atoms with Gasteiger partial charge in [0.2, 0.25) is 0 Å². The fourth-order valence-corrected chi connectivity index (χ4v) is 3.24. The summed E-state index contributed by atoms with van der Waals surface area (Å²) in [5, 5.41) is 22.9. The summed E-state index contributed by atoms with van der Waals surface area (Å²) in [5.41, 5.74) is 0.137. The lowest BCUT2D eigenvalue weighted by atomic mass is 9.97. The number of nitro benzene ring substituents is 1. The van der Waals surface area contributed by atoms with Crippen molar-refractivity contribution in [2.24, 2.45) is 11.8 Å². The molecular weight excluding hydrogens is 340 g/mol. The number of aliphatic hydroxyl groups excluding tert-OH is 1. The molecule has 1 aliphatic carbocycles. The number of hydrogen-bond acceptors (Lipinski definition) is 4. The Morgan fingerprint density at radius 3 is 2.76 bits per heavy atom. The number of halogens is 1. The first-order valence-electron chi connectivity index (χ1n) is 6.85. The second kappa shape index (κ2) is 7.00. The maximum Gasteiger partial charge on any atom is 0.271 e. The predicted molar refractivity (Wildman–Crippen MR) is 81.0 cm³/mol. The van der Waals surface area contributed by atoms with E-state index in [4.69, 9.17) is 0 Å². The Kier molecular flexibility index (Phi) is 5.30. The van der Waals surface area contributed by atoms with E-state index in [0.29, 0.717) is 11.0 Å². The van der Waals surface area contributed by atoms with Crippen LogP contribution in [-0.4, -0.2) is 29.1 Å². The standard InChI is InChI=1S/C14H17BrN2O4/c15-12-4-11(5-13(6-12)17(20)21)14(19)16-7-9-2-1-3-10(9)8-18/h4-6,9-10,18H,1-3,7-8H2,(H,16,19). The van der Waals surface area contributed by atoms with Crippen LogP contribution in [0.2, 0.25) is 0 Å². The first-order chi connectivity index (χ1) is 10.0. The van der Waals surface area contributed by atoms with Crippen molar-refractivity contribution in [2.75, 3.05) is 13.2 Å². The number of benzene rings is 1. The number of amides is 1. The number of nitro groups is 1. The van der Waals surface area contributed by atoms with Crippen LogP contribution in [0.1, 0.15) is 29.6 Å². The lowest BCUT2D eigenvalue weighted by molar-refractivity contribution is -0.385. The first kappa shape index (κ1) is 15.9. The fourth-order valence-electron chi connectivity index (χ4n) is 2.76. The number of rotatable bonds is 5. The Labute approximate surface area is 130 Å². The Balaban J connectivity index is 2.02. The minimum absolute atomic E-state index is 0.122. The third-order valence-electron chi connectivity index (χ3n) is 3.93. The van der Waals surface area contributed by atoms with Crippen molar-refractivity contribution in [1.29, 1.82) is 0 Å². The van der Waals surface area contributed by atoms with Gasteiger partial charge in [-0.1, -0.05) is 22.4 Å². The van der Waals surface area contributed by atoms with Gasteiger partial charge in [0.1, 0.15) is 0 Å². The Morgan fingerprint density at radius 2 is 2.10 bits per heavy atom. The van der Waals surface area contributed by atoms with Crippen LogP contribution < -0.4 is 5.32 Å². The highest BCUT2D eigenvalue weighted by atomic mass is 79.9. The number of hydrogen-bond donors (Lipinski definition) is 2. The molecular formula is C14H17BrN2O4. The molecule has 114 valence electrons. The van der Waals surface area contributed by atoms with Crippen molar-refractivity contribution in [3.63, 3.8) is 0 Å². The van der Waals surface area contributed by atoms with Gasteiger partial charge in [-0.2, -0.15) is 0 Å². The lowest BCUT2D eigenvalue weighted by Gasteiger charge is -2.17. The largest absolute Gasteiger partial charge is 0.396 e. The minimum Gasteiger partial charge on any atom is -0.396 e. The van der Waals surface area contributed by atoms with E-state index in [1.807, 2.05) is 0 Å². The van der Waals surface area contributed by atoms with Gasteiger partial charge in [-0.05, 0) is 30.7 Å². The smallest absolute Gasteiger partial charge is 0.271 e. The molecule has 0 heterocycles. The molecule has 0 aromatic heterocycles. The van der Waals surface area contributed by atoms with Gasteiger partial charge in [0.15, 0.2) is 0 Å². The van der Waals surface area contributed by atoms with Crippen molar-refractivity contribution >= 4 is 27.5 Å². The molecule has 0 spiro atoms. The molecule has 2 atom stereocenters. The molecule has 1 aliphatic rings. The topological polar surface area (TPSA) is 92.5 Å². The highest BCUT2D eigenvalue weighted by Gasteiger charge is 2.27. The maximum atomic E-state index is 12.1. The number of nitrogens with one attached hydrogen (secondary N) is 1. The quantitative estimate of drug-likeness (QED) is 0.626. The number of carbonyl (C=O) groups excluding carboxylic acids is 1. The van der Waals surface area contributed by atoms with Crippen LogP contribution in [-0.2, 0) is 0 Å². The summed E-state index contributed by atoms with van der Waals surface area (Å²) < 4.78 is 0.496. The zero-order valence-electron chi connectivity index (χ0n) is 11.4. The third-order valence-corrected chi connectivity index (χ3v) is 4.39. The van der Waals surface area contributed by atoms with E-state index in [-0.39, 0.29) is 35.6 Å². The number of non-ortho nitro benzene ring substituents is 1. The molecule has 0 bridgehead atoms. The zero-order chi connectivity index (χ0) is 15.4. The van der Waals surface area contributed by atoms with Crippen molar-refractivity contribution in [2.45, 2.75) is 19.3 Å². The summed E-state index contributed by atoms with van der Waals surface area (Å²) in [6.07, 6.45) is 3.04. The SMILES string of the molecule is O=C(NCC1CCCC1CO)c1cc(Br)cc([N+](=O)[O-])c1. The Hall–Kier alpha value is -1.47. The van der Waals surface area contributed by atoms with Crippen LogP contribution in [0.15, 0.2) is 22.7 Å². The monoisotopic (exact) mass is 356 g/mol. The molecule has 1 aromatic rings. The summed E-state index contributed by atoms with van der Waals surface area (Å²) in [6.45, 7) is 0.632. The first-order valence-corrected chi connectivity index (χ1v) is 7.64. The fraction of sp³-hybridized carbons (Fsp3) is 0.500. The van der Waals surface area contributed by atoms with E-state index in [2.05, 4.69) is 21.2 Å². The van der Waals surface area contributed by atoms with E-state index in [9.17, 15) is 20.0 Å². The number of nitrogens with zero attached hydrogens (tertiary/aromatic N) is 1. The third kappa shape index (κ3) is 4.01. The molecule has 1 aromatic carbocycles. The van der Waals surface area contributed by atoms with Crippen LogP contribution in [0.4, 0.5) is 5.69 Å². The molecule has 2 N–H and O–H groups in total. The van der Waals surface area contributed by atoms with Gasteiger partial charge < -0.3 is 10.4 Å². The lowest BCUT2D eigenvalue weighted by Crippen LogP contribution is -2.31. The molecule has 1 amide bonds. The highest BCUT2D eigenvalue weighted by Crippen LogP contribution is 2.30. The van der Waals surface area contributed by atoms with Crippen LogP contribution in [0, 0.1) is 22.0 Å². The van der Waals surface area contributed by atoms with E-state index in [1.165, 1.54) is 12.1 Å². The van der Waals surface area contributed by atoms with E-state index >= 15 is 0 Å². The van der Waals surface area contributed by atoms with Gasteiger partial charge in [0, 0.05) is 35.3 Å². The van der Waals surface area contributed by atoms with Crippen LogP contribution >= 0.6 is 15.9 Å². The van der Waals surface area contributed by atoms with Crippen molar-refractivity contribution in [3.8, 4) is 0 Å². The second-order valence-electron chi connectivity index (χ2n) is 5.30. The number of aliphatic hydroxyl groups is 1. The average molecular weight is 357 g/mol. The molecule has 21 heavy (non-hydrogen) atoms. The predicted octanol–water partition coefficient (Wildman–Crippen LogP) is 2.50. The minimum atomic E-state index is -0.527. The van der Waals surface area contributed by atoms with Crippen molar-refractivity contribution in [3.05, 3.63) is 38.3 Å². The number of carbonyl (C=O) groups is 1. The summed E-state index contributed by atoms with van der Waals surface area (Å²) in [7, 11) is 0. The molecule has 2 rings (SSSR count). The van der Waals surface area contributed by atoms with Gasteiger partial charge >= 0.3 is 0 Å². The summed E-state index contributed by atoms with van der Waals surface area (Å²) in [5.74, 6) is 0.186. The molecule has 1 saturated carbocycles. The van der Waals surface area contributed by atoms with Gasteiger partial charge in [-0.15, -0.1) is 0 Å². The van der Waals surface area contributed by atoms with Crippen LogP contribution in [0.5, 0.6) is 0 Å². The van der Waals surface area contributed by atoms with Crippen molar-refractivity contribution < 1.29 is 14.8 Å². The maximum absolute atomic E-state index is 12.1. The van der Waals surface area contributed by atoms with Gasteiger partial charge in [0.05, 0.1) is 4.92 Å². The van der Waals surface area contributed by atoms with E-state index in [0.717, 1.165) is 19.3 Å². The summed E-state index contributed by atoms with van der Waals surface area (Å²) in [4.78, 5) is 22.4.